The molecule has 34 heavy (non-hydrogen) atoms. The highest BCUT2D eigenvalue weighted by molar-refractivity contribution is 5.64. The number of methoxy groups -OCH3 is 1. The quantitative estimate of drug-likeness (QED) is 0.449. The molecular formula is C25H37FN6O2. The standard InChI is InChI=1S/C25H37FN6O2/c1-25(8-12-34-13-9-25)17-30-24-28-10-7-22(32-24)20-15-23(29-16-21(20)26)31-19-5-3-18(4-6-19)27-11-14-33-2/h7,10,15-16,18-19,27H,3-6,8-9,11-14,17H2,1-2H3,(H,29,31)(H,28,30,32). The minimum atomic E-state index is -0.391. The van der Waals surface area contributed by atoms with Crippen LogP contribution in [-0.2, 0) is 9.47 Å². The average molecular weight is 473 g/mol. The monoisotopic (exact) mass is 472 g/mol. The molecule has 2 fully saturated rings. The van der Waals surface area contributed by atoms with Crippen LogP contribution in [0.2, 0.25) is 0 Å². The molecule has 0 radical (unpaired) electrons. The highest BCUT2D eigenvalue weighted by Crippen LogP contribution is 2.30. The lowest BCUT2D eigenvalue weighted by molar-refractivity contribution is 0.0299. The Hall–Kier alpha value is -2.36. The summed E-state index contributed by atoms with van der Waals surface area (Å²) < 4.78 is 25.3. The Labute approximate surface area is 201 Å². The van der Waals surface area contributed by atoms with E-state index in [9.17, 15) is 4.39 Å². The van der Waals surface area contributed by atoms with Crippen molar-refractivity contribution in [3.05, 3.63) is 30.3 Å². The smallest absolute Gasteiger partial charge is 0.223 e. The number of nitrogens with one attached hydrogen (secondary N) is 3. The SMILES string of the molecule is COCCNC1CCC(Nc2cc(-c3ccnc(NCC4(C)CCOCC4)n3)c(F)cn2)CC1. The number of halogens is 1. The van der Waals surface area contributed by atoms with Gasteiger partial charge in [-0.05, 0) is 56.1 Å². The lowest BCUT2D eigenvalue weighted by Gasteiger charge is -2.33. The third-order valence-electron chi connectivity index (χ3n) is 6.98. The van der Waals surface area contributed by atoms with Crippen molar-refractivity contribution in [3.63, 3.8) is 0 Å². The number of rotatable bonds is 10. The fourth-order valence-corrected chi connectivity index (χ4v) is 4.66. The van der Waals surface area contributed by atoms with Crippen LogP contribution in [0.25, 0.3) is 11.3 Å². The number of anilines is 2. The highest BCUT2D eigenvalue weighted by Gasteiger charge is 2.27. The first-order valence-corrected chi connectivity index (χ1v) is 12.3. The molecule has 0 atom stereocenters. The van der Waals surface area contributed by atoms with E-state index in [4.69, 9.17) is 9.47 Å². The lowest BCUT2D eigenvalue weighted by Crippen LogP contribution is -2.38. The van der Waals surface area contributed by atoms with E-state index in [0.29, 0.717) is 35.1 Å². The van der Waals surface area contributed by atoms with Crippen molar-refractivity contribution in [2.24, 2.45) is 5.41 Å². The van der Waals surface area contributed by atoms with Gasteiger partial charge in [0.15, 0.2) is 5.82 Å². The second kappa shape index (κ2) is 11.9. The van der Waals surface area contributed by atoms with Crippen molar-refractivity contribution in [1.82, 2.24) is 20.3 Å². The summed E-state index contributed by atoms with van der Waals surface area (Å²) in [6, 6.07) is 4.35. The number of hydrogen-bond acceptors (Lipinski definition) is 8. The van der Waals surface area contributed by atoms with Gasteiger partial charge >= 0.3 is 0 Å². The van der Waals surface area contributed by atoms with E-state index in [0.717, 1.165) is 71.4 Å². The molecule has 1 saturated carbocycles. The van der Waals surface area contributed by atoms with Crippen molar-refractivity contribution < 1.29 is 13.9 Å². The Balaban J connectivity index is 1.36. The molecule has 3 heterocycles. The van der Waals surface area contributed by atoms with Gasteiger partial charge in [-0.3, -0.25) is 0 Å². The number of ether oxygens (including phenoxy) is 2. The molecule has 8 nitrogen and oxygen atoms in total. The van der Waals surface area contributed by atoms with Gasteiger partial charge in [0.2, 0.25) is 5.95 Å². The van der Waals surface area contributed by atoms with Gasteiger partial charge in [0.25, 0.3) is 0 Å². The topological polar surface area (TPSA) is 93.2 Å². The van der Waals surface area contributed by atoms with Crippen molar-refractivity contribution in [2.75, 3.05) is 50.7 Å². The first kappa shape index (κ1) is 24.8. The van der Waals surface area contributed by atoms with Gasteiger partial charge in [-0.15, -0.1) is 0 Å². The number of pyridine rings is 1. The van der Waals surface area contributed by atoms with E-state index in [1.807, 2.05) is 0 Å². The number of nitrogens with zero attached hydrogens (tertiary/aromatic N) is 3. The summed E-state index contributed by atoms with van der Waals surface area (Å²) in [6.45, 7) is 6.18. The van der Waals surface area contributed by atoms with Gasteiger partial charge in [-0.2, -0.15) is 0 Å². The molecule has 3 N–H and O–H groups in total. The van der Waals surface area contributed by atoms with E-state index >= 15 is 0 Å². The van der Waals surface area contributed by atoms with E-state index in [2.05, 4.69) is 37.8 Å². The maximum atomic E-state index is 14.7. The van der Waals surface area contributed by atoms with Crippen molar-refractivity contribution >= 4 is 11.8 Å². The third kappa shape index (κ3) is 6.84. The van der Waals surface area contributed by atoms with Crippen molar-refractivity contribution in [2.45, 2.75) is 57.5 Å². The molecule has 4 rings (SSSR count). The Kier molecular flexibility index (Phi) is 8.64. The summed E-state index contributed by atoms with van der Waals surface area (Å²) >= 11 is 0. The lowest BCUT2D eigenvalue weighted by atomic mass is 9.82. The zero-order chi connectivity index (χ0) is 23.8. The Morgan fingerprint density at radius 3 is 2.68 bits per heavy atom. The molecule has 2 aromatic rings. The first-order valence-electron chi connectivity index (χ1n) is 12.3. The Bertz CT molecular complexity index is 916. The molecule has 0 aromatic carbocycles. The molecule has 9 heteroatoms. The molecule has 2 aliphatic rings. The summed E-state index contributed by atoms with van der Waals surface area (Å²) in [5, 5.41) is 10.4. The predicted molar refractivity (Wildman–Crippen MR) is 131 cm³/mol. The maximum absolute atomic E-state index is 14.7. The zero-order valence-corrected chi connectivity index (χ0v) is 20.3. The van der Waals surface area contributed by atoms with Crippen LogP contribution < -0.4 is 16.0 Å². The first-order chi connectivity index (χ1) is 16.5. The molecule has 0 unspecified atom stereocenters. The second-order valence-corrected chi connectivity index (χ2v) is 9.73. The van der Waals surface area contributed by atoms with Crippen molar-refractivity contribution in [3.8, 4) is 11.3 Å². The number of aromatic nitrogens is 3. The van der Waals surface area contributed by atoms with Crippen LogP contribution in [0.1, 0.15) is 45.4 Å². The van der Waals surface area contributed by atoms with E-state index in [1.54, 1.807) is 25.4 Å². The molecule has 1 saturated heterocycles. The van der Waals surface area contributed by atoms with Crippen LogP contribution in [0.4, 0.5) is 16.2 Å². The molecule has 186 valence electrons. The van der Waals surface area contributed by atoms with Crippen molar-refractivity contribution in [1.29, 1.82) is 0 Å². The van der Waals surface area contributed by atoms with Gasteiger partial charge in [0.05, 0.1) is 18.5 Å². The summed E-state index contributed by atoms with van der Waals surface area (Å²) in [4.78, 5) is 13.2. The van der Waals surface area contributed by atoms with E-state index in [-0.39, 0.29) is 5.41 Å². The molecule has 0 bridgehead atoms. The van der Waals surface area contributed by atoms with Crippen LogP contribution in [-0.4, -0.2) is 67.1 Å². The molecule has 0 spiro atoms. The van der Waals surface area contributed by atoms with Crippen LogP contribution in [0.3, 0.4) is 0 Å². The van der Waals surface area contributed by atoms with Crippen LogP contribution in [0, 0.1) is 11.2 Å². The van der Waals surface area contributed by atoms with Gasteiger partial charge < -0.3 is 25.4 Å². The van der Waals surface area contributed by atoms with Gasteiger partial charge in [0, 0.05) is 57.3 Å². The average Bonchev–Trinajstić information content (AvgIpc) is 2.86. The summed E-state index contributed by atoms with van der Waals surface area (Å²) in [7, 11) is 1.72. The fraction of sp³-hybridized carbons (Fsp3) is 0.640. The Morgan fingerprint density at radius 1 is 1.15 bits per heavy atom. The predicted octanol–water partition coefficient (Wildman–Crippen LogP) is 3.87. The van der Waals surface area contributed by atoms with E-state index in [1.165, 1.54) is 6.20 Å². The molecular weight excluding hydrogens is 435 g/mol. The molecule has 2 aromatic heterocycles. The molecule has 0 amide bonds. The highest BCUT2D eigenvalue weighted by atomic mass is 19.1. The number of hydrogen-bond donors (Lipinski definition) is 3. The normalized spacial score (nSPS) is 22.3. The largest absolute Gasteiger partial charge is 0.383 e. The van der Waals surface area contributed by atoms with Gasteiger partial charge in [0.1, 0.15) is 5.82 Å². The minimum Gasteiger partial charge on any atom is -0.383 e. The third-order valence-corrected chi connectivity index (χ3v) is 6.98. The van der Waals surface area contributed by atoms with Crippen LogP contribution >= 0.6 is 0 Å². The van der Waals surface area contributed by atoms with Crippen LogP contribution in [0.15, 0.2) is 24.5 Å². The molecule has 1 aliphatic carbocycles. The maximum Gasteiger partial charge on any atom is 0.223 e. The van der Waals surface area contributed by atoms with Gasteiger partial charge in [-0.1, -0.05) is 6.92 Å². The molecule has 1 aliphatic heterocycles. The summed E-state index contributed by atoms with van der Waals surface area (Å²) in [6.07, 6.45) is 9.23. The fourth-order valence-electron chi connectivity index (χ4n) is 4.66. The van der Waals surface area contributed by atoms with E-state index < -0.39 is 5.82 Å². The second-order valence-electron chi connectivity index (χ2n) is 9.73. The van der Waals surface area contributed by atoms with Gasteiger partial charge in [-0.25, -0.2) is 19.3 Å². The minimum absolute atomic E-state index is 0.148. The summed E-state index contributed by atoms with van der Waals surface area (Å²) in [5.41, 5.74) is 1.12. The zero-order valence-electron chi connectivity index (χ0n) is 20.3. The Morgan fingerprint density at radius 2 is 1.91 bits per heavy atom. The van der Waals surface area contributed by atoms with Crippen LogP contribution in [0.5, 0.6) is 0 Å². The summed E-state index contributed by atoms with van der Waals surface area (Å²) in [5.74, 6) is 0.794.